The predicted octanol–water partition coefficient (Wildman–Crippen LogP) is 4.56. The van der Waals surface area contributed by atoms with Gasteiger partial charge >= 0.3 is 5.97 Å². The number of carboxylic acids is 1. The van der Waals surface area contributed by atoms with Crippen LogP contribution in [-0.2, 0) is 13.5 Å². The Morgan fingerprint density at radius 1 is 1.12 bits per heavy atom. The molecular formula is C18H17N3O3. The smallest absolute Gasteiger partial charge is 0.335 e. The van der Waals surface area contributed by atoms with E-state index in [0.29, 0.717) is 11.4 Å². The number of aryl methyl sites for hydroxylation is 2. The van der Waals surface area contributed by atoms with E-state index in [-0.39, 0.29) is 11.4 Å². The molecule has 0 aliphatic carbocycles. The summed E-state index contributed by atoms with van der Waals surface area (Å²) in [6.45, 7) is 2.06. The molecule has 0 atom stereocenters. The quantitative estimate of drug-likeness (QED) is 0.690. The molecule has 2 aromatic carbocycles. The molecule has 122 valence electrons. The lowest BCUT2D eigenvalue weighted by Gasteiger charge is -1.98. The van der Waals surface area contributed by atoms with Crippen molar-refractivity contribution < 1.29 is 15.0 Å². The Kier molecular flexibility index (Phi) is 4.04. The number of aromatic nitrogens is 1. The molecule has 2 N–H and O–H groups in total. The molecule has 0 saturated carbocycles. The lowest BCUT2D eigenvalue weighted by Crippen LogP contribution is -1.93. The van der Waals surface area contributed by atoms with Gasteiger partial charge < -0.3 is 14.8 Å². The van der Waals surface area contributed by atoms with Crippen molar-refractivity contribution in [2.24, 2.45) is 17.3 Å². The van der Waals surface area contributed by atoms with Gasteiger partial charge in [0.25, 0.3) is 0 Å². The summed E-state index contributed by atoms with van der Waals surface area (Å²) in [5.41, 5.74) is 3.14. The zero-order valence-electron chi connectivity index (χ0n) is 13.4. The van der Waals surface area contributed by atoms with E-state index in [1.165, 1.54) is 12.1 Å². The SMILES string of the molecule is CCc1ccc2c(c1)c(N=Nc1ccc(C(=O)O)cc1)c(O)n2C. The highest BCUT2D eigenvalue weighted by Gasteiger charge is 2.14. The molecule has 6 nitrogen and oxygen atoms in total. The number of carbonyl (C=O) groups is 1. The van der Waals surface area contributed by atoms with Gasteiger partial charge in [0.05, 0.1) is 16.8 Å². The topological polar surface area (TPSA) is 87.2 Å². The zero-order chi connectivity index (χ0) is 17.3. The molecule has 24 heavy (non-hydrogen) atoms. The van der Waals surface area contributed by atoms with Crippen LogP contribution in [0.25, 0.3) is 10.9 Å². The second kappa shape index (κ2) is 6.16. The lowest BCUT2D eigenvalue weighted by molar-refractivity contribution is 0.0697. The molecule has 1 aromatic heterocycles. The minimum absolute atomic E-state index is 0.0455. The number of aromatic carboxylic acids is 1. The Morgan fingerprint density at radius 2 is 1.83 bits per heavy atom. The molecule has 0 unspecified atom stereocenters. The second-order valence-electron chi connectivity index (χ2n) is 5.49. The van der Waals surface area contributed by atoms with Crippen LogP contribution in [0.3, 0.4) is 0 Å². The third-order valence-electron chi connectivity index (χ3n) is 3.99. The maximum Gasteiger partial charge on any atom is 0.335 e. The number of rotatable bonds is 4. The summed E-state index contributed by atoms with van der Waals surface area (Å²) in [6, 6.07) is 12.1. The number of hydrogen-bond donors (Lipinski definition) is 2. The summed E-state index contributed by atoms with van der Waals surface area (Å²) in [4.78, 5) is 10.9. The highest BCUT2D eigenvalue weighted by atomic mass is 16.4. The van der Waals surface area contributed by atoms with Gasteiger partial charge in [0, 0.05) is 12.4 Å². The van der Waals surface area contributed by atoms with E-state index >= 15 is 0 Å². The number of nitrogens with zero attached hydrogens (tertiary/aromatic N) is 3. The number of benzene rings is 2. The first kappa shape index (κ1) is 15.7. The van der Waals surface area contributed by atoms with Crippen molar-refractivity contribution in [1.29, 1.82) is 0 Å². The molecule has 0 aliphatic heterocycles. The maximum atomic E-state index is 10.9. The molecule has 3 aromatic rings. The van der Waals surface area contributed by atoms with E-state index in [1.54, 1.807) is 23.7 Å². The molecule has 0 amide bonds. The van der Waals surface area contributed by atoms with Crippen LogP contribution in [0.5, 0.6) is 5.88 Å². The first-order valence-corrected chi connectivity index (χ1v) is 7.56. The fourth-order valence-corrected chi connectivity index (χ4v) is 2.56. The van der Waals surface area contributed by atoms with Gasteiger partial charge in [-0.3, -0.25) is 0 Å². The van der Waals surface area contributed by atoms with Gasteiger partial charge in [0.2, 0.25) is 5.88 Å². The van der Waals surface area contributed by atoms with E-state index in [4.69, 9.17) is 5.11 Å². The van der Waals surface area contributed by atoms with Crippen molar-refractivity contribution in [1.82, 2.24) is 4.57 Å². The minimum atomic E-state index is -0.989. The summed E-state index contributed by atoms with van der Waals surface area (Å²) in [7, 11) is 1.77. The average Bonchev–Trinajstić information content (AvgIpc) is 2.84. The van der Waals surface area contributed by atoms with Crippen molar-refractivity contribution in [3.8, 4) is 5.88 Å². The Morgan fingerprint density at radius 3 is 2.46 bits per heavy atom. The van der Waals surface area contributed by atoms with Crippen molar-refractivity contribution in [3.63, 3.8) is 0 Å². The molecule has 1 heterocycles. The first-order valence-electron chi connectivity index (χ1n) is 7.56. The maximum absolute atomic E-state index is 10.9. The third kappa shape index (κ3) is 2.74. The molecule has 0 saturated heterocycles. The minimum Gasteiger partial charge on any atom is -0.493 e. The van der Waals surface area contributed by atoms with Gasteiger partial charge in [-0.05, 0) is 48.4 Å². The van der Waals surface area contributed by atoms with Crippen LogP contribution in [0.15, 0.2) is 52.7 Å². The van der Waals surface area contributed by atoms with Crippen LogP contribution in [0, 0.1) is 0 Å². The third-order valence-corrected chi connectivity index (χ3v) is 3.99. The summed E-state index contributed by atoms with van der Waals surface area (Å²) in [5.74, 6) is -0.943. The van der Waals surface area contributed by atoms with Crippen molar-refractivity contribution >= 4 is 28.2 Å². The predicted molar refractivity (Wildman–Crippen MR) is 91.5 cm³/mol. The largest absolute Gasteiger partial charge is 0.493 e. The van der Waals surface area contributed by atoms with Crippen LogP contribution in [0.4, 0.5) is 11.4 Å². The molecular weight excluding hydrogens is 306 g/mol. The van der Waals surface area contributed by atoms with Gasteiger partial charge in [0.1, 0.15) is 0 Å². The molecule has 6 heteroatoms. The summed E-state index contributed by atoms with van der Waals surface area (Å²) < 4.78 is 1.66. The normalized spacial score (nSPS) is 11.4. The Hall–Kier alpha value is -3.15. The Balaban J connectivity index is 2.02. The number of azo groups is 1. The van der Waals surface area contributed by atoms with E-state index in [0.717, 1.165) is 22.9 Å². The Bertz CT molecular complexity index is 940. The highest BCUT2D eigenvalue weighted by molar-refractivity contribution is 5.95. The average molecular weight is 323 g/mol. The summed E-state index contributed by atoms with van der Waals surface area (Å²) in [5, 5.41) is 28.3. The van der Waals surface area contributed by atoms with Gasteiger partial charge in [-0.2, -0.15) is 5.11 Å². The first-order chi connectivity index (χ1) is 11.5. The van der Waals surface area contributed by atoms with Gasteiger partial charge in [-0.1, -0.05) is 13.0 Å². The fourth-order valence-electron chi connectivity index (χ4n) is 2.56. The monoisotopic (exact) mass is 323 g/mol. The van der Waals surface area contributed by atoms with Crippen LogP contribution in [-0.4, -0.2) is 20.7 Å². The Labute approximate surface area is 138 Å². The number of fused-ring (bicyclic) bond motifs is 1. The molecule has 3 rings (SSSR count). The van der Waals surface area contributed by atoms with Crippen LogP contribution < -0.4 is 0 Å². The van der Waals surface area contributed by atoms with Gasteiger partial charge in [-0.25, -0.2) is 4.79 Å². The lowest BCUT2D eigenvalue weighted by atomic mass is 10.1. The standard InChI is InChI=1S/C18H17N3O3/c1-3-11-4-9-15-14(10-11)16(17(22)21(15)2)20-19-13-7-5-12(6-8-13)18(23)24/h4-10,22H,3H2,1-2H3,(H,23,24). The fraction of sp³-hybridized carbons (Fsp3) is 0.167. The number of aromatic hydroxyl groups is 1. The van der Waals surface area contributed by atoms with Gasteiger partial charge in [0.15, 0.2) is 5.69 Å². The van der Waals surface area contributed by atoms with E-state index in [1.807, 2.05) is 18.2 Å². The molecule has 0 aliphatic rings. The van der Waals surface area contributed by atoms with Crippen LogP contribution >= 0.6 is 0 Å². The van der Waals surface area contributed by atoms with Crippen LogP contribution in [0.2, 0.25) is 0 Å². The van der Waals surface area contributed by atoms with Gasteiger partial charge in [-0.15, -0.1) is 5.11 Å². The number of hydrogen-bond acceptors (Lipinski definition) is 4. The van der Waals surface area contributed by atoms with Crippen LogP contribution in [0.1, 0.15) is 22.8 Å². The highest BCUT2D eigenvalue weighted by Crippen LogP contribution is 2.39. The van der Waals surface area contributed by atoms with E-state index in [2.05, 4.69) is 17.2 Å². The second-order valence-corrected chi connectivity index (χ2v) is 5.49. The molecule has 0 fully saturated rings. The zero-order valence-corrected chi connectivity index (χ0v) is 13.4. The summed E-state index contributed by atoms with van der Waals surface area (Å²) in [6.07, 6.45) is 0.888. The number of carboxylic acid groups (broad SMARTS) is 1. The van der Waals surface area contributed by atoms with Crippen molar-refractivity contribution in [2.75, 3.05) is 0 Å². The molecule has 0 spiro atoms. The van der Waals surface area contributed by atoms with E-state index in [9.17, 15) is 9.90 Å². The van der Waals surface area contributed by atoms with E-state index < -0.39 is 5.97 Å². The van der Waals surface area contributed by atoms with Crippen molar-refractivity contribution in [3.05, 3.63) is 53.6 Å². The summed E-state index contributed by atoms with van der Waals surface area (Å²) >= 11 is 0. The van der Waals surface area contributed by atoms with Crippen molar-refractivity contribution in [2.45, 2.75) is 13.3 Å². The molecule has 0 bridgehead atoms. The molecule has 0 radical (unpaired) electrons.